The molecular formula is C17H25N3. The topological polar surface area (TPSA) is 29.9 Å². The van der Waals surface area contributed by atoms with E-state index in [1.165, 1.54) is 22.4 Å². The van der Waals surface area contributed by atoms with Crippen LogP contribution in [0.3, 0.4) is 0 Å². The van der Waals surface area contributed by atoms with Gasteiger partial charge in [-0.05, 0) is 25.3 Å². The van der Waals surface area contributed by atoms with Crippen molar-refractivity contribution >= 4 is 0 Å². The number of nitrogens with zero attached hydrogens (tertiary/aromatic N) is 2. The predicted octanol–water partition coefficient (Wildman–Crippen LogP) is 3.70. The van der Waals surface area contributed by atoms with Crippen molar-refractivity contribution in [3.8, 4) is 0 Å². The molecular weight excluding hydrogens is 246 g/mol. The molecule has 1 aromatic heterocycles. The molecule has 1 atom stereocenters. The van der Waals surface area contributed by atoms with E-state index in [1.807, 2.05) is 11.7 Å². The first-order valence-corrected chi connectivity index (χ1v) is 7.29. The molecule has 2 rings (SSSR count). The van der Waals surface area contributed by atoms with Crippen molar-refractivity contribution in [2.75, 3.05) is 0 Å². The van der Waals surface area contributed by atoms with Gasteiger partial charge in [0.2, 0.25) is 0 Å². The molecule has 0 radical (unpaired) electrons. The molecule has 0 unspecified atom stereocenters. The lowest BCUT2D eigenvalue weighted by molar-refractivity contribution is 0.570. The summed E-state index contributed by atoms with van der Waals surface area (Å²) in [6, 6.07) is 9.01. The Labute approximate surface area is 122 Å². The van der Waals surface area contributed by atoms with E-state index in [0.29, 0.717) is 12.0 Å². The van der Waals surface area contributed by atoms with Gasteiger partial charge in [0.15, 0.2) is 0 Å². The lowest BCUT2D eigenvalue weighted by atomic mass is 10.0. The molecule has 0 saturated carbocycles. The third-order valence-corrected chi connectivity index (χ3v) is 3.62. The largest absolute Gasteiger partial charge is 0.306 e. The van der Waals surface area contributed by atoms with Crippen LogP contribution in [0.1, 0.15) is 55.1 Å². The summed E-state index contributed by atoms with van der Waals surface area (Å²) in [6.45, 7) is 9.58. The molecule has 0 aliphatic heterocycles. The van der Waals surface area contributed by atoms with Gasteiger partial charge in [-0.25, -0.2) is 0 Å². The zero-order chi connectivity index (χ0) is 14.7. The minimum Gasteiger partial charge on any atom is -0.306 e. The summed E-state index contributed by atoms with van der Waals surface area (Å²) < 4.78 is 1.91. The molecule has 0 saturated heterocycles. The lowest BCUT2D eigenvalue weighted by Gasteiger charge is -2.15. The average Bonchev–Trinajstić information content (AvgIpc) is 2.77. The number of rotatable bonds is 5. The Morgan fingerprint density at radius 3 is 2.65 bits per heavy atom. The van der Waals surface area contributed by atoms with Gasteiger partial charge in [-0.2, -0.15) is 5.10 Å². The van der Waals surface area contributed by atoms with Crippen LogP contribution in [0.2, 0.25) is 0 Å². The summed E-state index contributed by atoms with van der Waals surface area (Å²) in [7, 11) is 1.99. The molecule has 1 N–H and O–H groups in total. The van der Waals surface area contributed by atoms with Gasteiger partial charge in [0.25, 0.3) is 0 Å². The molecule has 20 heavy (non-hydrogen) atoms. The number of nitrogens with one attached hydrogen (secondary N) is 1. The first-order valence-electron chi connectivity index (χ1n) is 7.29. The summed E-state index contributed by atoms with van der Waals surface area (Å²) in [5.74, 6) is 0.460. The highest BCUT2D eigenvalue weighted by Gasteiger charge is 2.12. The summed E-state index contributed by atoms with van der Waals surface area (Å²) in [6.07, 6.45) is 2.12. The fourth-order valence-corrected chi connectivity index (χ4v) is 2.50. The SMILES string of the molecule is Cc1cccc([C@H](C)NCc2cn(C)nc2C(C)C)c1. The van der Waals surface area contributed by atoms with E-state index in [9.17, 15) is 0 Å². The highest BCUT2D eigenvalue weighted by atomic mass is 15.3. The summed E-state index contributed by atoms with van der Waals surface area (Å²) in [5, 5.41) is 8.15. The van der Waals surface area contributed by atoms with Crippen LogP contribution in [-0.4, -0.2) is 9.78 Å². The quantitative estimate of drug-likeness (QED) is 0.898. The molecule has 1 aromatic carbocycles. The summed E-state index contributed by atoms with van der Waals surface area (Å²) in [4.78, 5) is 0. The highest BCUT2D eigenvalue weighted by Crippen LogP contribution is 2.19. The van der Waals surface area contributed by atoms with Gasteiger partial charge < -0.3 is 5.32 Å². The van der Waals surface area contributed by atoms with Gasteiger partial charge in [-0.3, -0.25) is 4.68 Å². The molecule has 0 fully saturated rings. The molecule has 0 aliphatic rings. The standard InChI is InChI=1S/C17H25N3/c1-12(2)17-16(11-20(5)19-17)10-18-14(4)15-8-6-7-13(3)9-15/h6-9,11-12,14,18H,10H2,1-5H3/t14-/m0/s1. The highest BCUT2D eigenvalue weighted by molar-refractivity contribution is 5.25. The van der Waals surface area contributed by atoms with Crippen molar-refractivity contribution in [1.82, 2.24) is 15.1 Å². The van der Waals surface area contributed by atoms with Crippen LogP contribution in [0.15, 0.2) is 30.5 Å². The first-order chi connectivity index (χ1) is 9.47. The predicted molar refractivity (Wildman–Crippen MR) is 83.7 cm³/mol. The van der Waals surface area contributed by atoms with E-state index in [2.05, 4.69) is 68.6 Å². The van der Waals surface area contributed by atoms with Crippen molar-refractivity contribution in [2.45, 2.75) is 46.2 Å². The fraction of sp³-hybridized carbons (Fsp3) is 0.471. The van der Waals surface area contributed by atoms with Gasteiger partial charge >= 0.3 is 0 Å². The van der Waals surface area contributed by atoms with Crippen LogP contribution >= 0.6 is 0 Å². The van der Waals surface area contributed by atoms with Crippen molar-refractivity contribution < 1.29 is 0 Å². The third-order valence-electron chi connectivity index (χ3n) is 3.62. The van der Waals surface area contributed by atoms with E-state index < -0.39 is 0 Å². The van der Waals surface area contributed by atoms with Gasteiger partial charge in [-0.1, -0.05) is 43.7 Å². The Balaban J connectivity index is 2.05. The van der Waals surface area contributed by atoms with Gasteiger partial charge in [0.05, 0.1) is 5.69 Å². The second-order valence-electron chi connectivity index (χ2n) is 5.88. The molecule has 0 aliphatic carbocycles. The van der Waals surface area contributed by atoms with Crippen LogP contribution in [0, 0.1) is 6.92 Å². The molecule has 3 nitrogen and oxygen atoms in total. The van der Waals surface area contributed by atoms with Crippen LogP contribution in [0.25, 0.3) is 0 Å². The van der Waals surface area contributed by atoms with E-state index in [-0.39, 0.29) is 0 Å². The second kappa shape index (κ2) is 6.23. The van der Waals surface area contributed by atoms with Crippen LogP contribution < -0.4 is 5.32 Å². The second-order valence-corrected chi connectivity index (χ2v) is 5.88. The molecule has 0 bridgehead atoms. The maximum atomic E-state index is 4.55. The fourth-order valence-electron chi connectivity index (χ4n) is 2.50. The molecule has 0 amide bonds. The zero-order valence-corrected chi connectivity index (χ0v) is 13.1. The number of aromatic nitrogens is 2. The maximum absolute atomic E-state index is 4.55. The van der Waals surface area contributed by atoms with Crippen molar-refractivity contribution in [1.29, 1.82) is 0 Å². The van der Waals surface area contributed by atoms with Crippen molar-refractivity contribution in [3.05, 3.63) is 52.8 Å². The number of hydrogen-bond acceptors (Lipinski definition) is 2. The lowest BCUT2D eigenvalue weighted by Crippen LogP contribution is -2.18. The Morgan fingerprint density at radius 1 is 1.25 bits per heavy atom. The van der Waals surface area contributed by atoms with E-state index in [4.69, 9.17) is 0 Å². The Morgan fingerprint density at radius 2 is 2.00 bits per heavy atom. The normalized spacial score (nSPS) is 12.9. The maximum Gasteiger partial charge on any atom is 0.0694 e. The Kier molecular flexibility index (Phi) is 4.61. The first kappa shape index (κ1) is 14.8. The number of hydrogen-bond donors (Lipinski definition) is 1. The molecule has 2 aromatic rings. The summed E-state index contributed by atoms with van der Waals surface area (Å²) >= 11 is 0. The minimum absolute atomic E-state index is 0.343. The van der Waals surface area contributed by atoms with Gasteiger partial charge in [-0.15, -0.1) is 0 Å². The van der Waals surface area contributed by atoms with Crippen LogP contribution in [0.5, 0.6) is 0 Å². The Hall–Kier alpha value is -1.61. The third kappa shape index (κ3) is 3.48. The van der Waals surface area contributed by atoms with E-state index in [1.54, 1.807) is 0 Å². The number of aryl methyl sites for hydroxylation is 2. The minimum atomic E-state index is 0.343. The van der Waals surface area contributed by atoms with Crippen molar-refractivity contribution in [2.24, 2.45) is 7.05 Å². The zero-order valence-electron chi connectivity index (χ0n) is 13.1. The van der Waals surface area contributed by atoms with Crippen LogP contribution in [0.4, 0.5) is 0 Å². The molecule has 3 heteroatoms. The van der Waals surface area contributed by atoms with Crippen LogP contribution in [-0.2, 0) is 13.6 Å². The van der Waals surface area contributed by atoms with E-state index >= 15 is 0 Å². The summed E-state index contributed by atoms with van der Waals surface area (Å²) in [5.41, 5.74) is 5.12. The number of benzene rings is 1. The molecule has 108 valence electrons. The monoisotopic (exact) mass is 271 g/mol. The Bertz CT molecular complexity index is 569. The molecule has 1 heterocycles. The van der Waals surface area contributed by atoms with Crippen molar-refractivity contribution in [3.63, 3.8) is 0 Å². The molecule has 0 spiro atoms. The smallest absolute Gasteiger partial charge is 0.0694 e. The van der Waals surface area contributed by atoms with Gasteiger partial charge in [0, 0.05) is 31.4 Å². The average molecular weight is 271 g/mol. The van der Waals surface area contributed by atoms with Gasteiger partial charge in [0.1, 0.15) is 0 Å². The van der Waals surface area contributed by atoms with E-state index in [0.717, 1.165) is 6.54 Å².